The highest BCUT2D eigenvalue weighted by molar-refractivity contribution is 5.85. The number of nitrogens with zero attached hydrogens (tertiary/aromatic N) is 1. The largest absolute Gasteiger partial charge is 0.493 e. The first kappa shape index (κ1) is 19.5. The average molecular weight is 317 g/mol. The van der Waals surface area contributed by atoms with Gasteiger partial charge in [-0.1, -0.05) is 6.07 Å². The van der Waals surface area contributed by atoms with E-state index < -0.39 is 0 Å². The Balaban J connectivity index is 0.00000400. The minimum atomic E-state index is -0.123. The van der Waals surface area contributed by atoms with Crippen molar-refractivity contribution in [2.75, 3.05) is 20.8 Å². The summed E-state index contributed by atoms with van der Waals surface area (Å²) < 4.78 is 10.5. The van der Waals surface area contributed by atoms with Gasteiger partial charge in [0.2, 0.25) is 5.91 Å². The smallest absolute Gasteiger partial charge is 0.224 e. The molecule has 5 nitrogen and oxygen atoms in total. The zero-order valence-corrected chi connectivity index (χ0v) is 13.9. The summed E-state index contributed by atoms with van der Waals surface area (Å²) in [6.45, 7) is 4.99. The third-order valence-corrected chi connectivity index (χ3v) is 3.05. The van der Waals surface area contributed by atoms with Gasteiger partial charge in [0.05, 0.1) is 14.2 Å². The number of halogens is 1. The molecular formula is C15H25ClN2O3. The summed E-state index contributed by atoms with van der Waals surface area (Å²) in [5.74, 6) is 1.42. The molecule has 0 saturated carbocycles. The fourth-order valence-corrected chi connectivity index (χ4v) is 1.98. The topological polar surface area (TPSA) is 64.8 Å². The lowest BCUT2D eigenvalue weighted by Crippen LogP contribution is -2.34. The quantitative estimate of drug-likeness (QED) is 0.837. The molecule has 1 atom stereocenters. The van der Waals surface area contributed by atoms with Crippen LogP contribution in [-0.2, 0) is 11.3 Å². The highest BCUT2D eigenvalue weighted by atomic mass is 35.5. The number of amides is 1. The molecule has 0 fully saturated rings. The van der Waals surface area contributed by atoms with Crippen LogP contribution >= 0.6 is 12.4 Å². The summed E-state index contributed by atoms with van der Waals surface area (Å²) in [6, 6.07) is 5.55. The molecule has 0 aromatic heterocycles. The van der Waals surface area contributed by atoms with Gasteiger partial charge in [0.15, 0.2) is 11.5 Å². The Kier molecular flexibility index (Phi) is 8.81. The molecule has 0 spiro atoms. The standard InChI is InChI=1S/C15H24N2O3.ClH/c1-5-17(15(18)8-11(2)16)10-12-6-7-13(19-3)14(9-12)20-4;/h6-7,9,11H,5,8,10,16H2,1-4H3;1H. The molecule has 1 aromatic carbocycles. The van der Waals surface area contributed by atoms with Crippen molar-refractivity contribution < 1.29 is 14.3 Å². The van der Waals surface area contributed by atoms with Crippen molar-refractivity contribution in [1.82, 2.24) is 4.90 Å². The Morgan fingerprint density at radius 3 is 2.38 bits per heavy atom. The van der Waals surface area contributed by atoms with Crippen molar-refractivity contribution in [2.24, 2.45) is 5.73 Å². The van der Waals surface area contributed by atoms with Crippen molar-refractivity contribution in [3.05, 3.63) is 23.8 Å². The predicted molar refractivity (Wildman–Crippen MR) is 86.2 cm³/mol. The number of nitrogens with two attached hydrogens (primary N) is 1. The maximum atomic E-state index is 12.1. The van der Waals surface area contributed by atoms with Gasteiger partial charge in [-0.05, 0) is 31.5 Å². The molecule has 0 aliphatic heterocycles. The molecule has 1 aromatic rings. The summed E-state index contributed by atoms with van der Waals surface area (Å²) in [5.41, 5.74) is 6.68. The first-order chi connectivity index (χ1) is 9.51. The van der Waals surface area contributed by atoms with Crippen molar-refractivity contribution in [3.63, 3.8) is 0 Å². The molecule has 0 bridgehead atoms. The summed E-state index contributed by atoms with van der Waals surface area (Å²) in [7, 11) is 3.20. The normalized spacial score (nSPS) is 11.3. The van der Waals surface area contributed by atoms with Crippen LogP contribution in [0, 0.1) is 0 Å². The lowest BCUT2D eigenvalue weighted by molar-refractivity contribution is -0.131. The predicted octanol–water partition coefficient (Wildman–Crippen LogP) is 2.21. The molecule has 0 aliphatic rings. The van der Waals surface area contributed by atoms with E-state index >= 15 is 0 Å². The fourth-order valence-electron chi connectivity index (χ4n) is 1.98. The van der Waals surface area contributed by atoms with Gasteiger partial charge in [-0.25, -0.2) is 0 Å². The Morgan fingerprint density at radius 1 is 1.29 bits per heavy atom. The zero-order chi connectivity index (χ0) is 15.1. The Labute approximate surface area is 132 Å². The summed E-state index contributed by atoms with van der Waals surface area (Å²) >= 11 is 0. The van der Waals surface area contributed by atoms with Gasteiger partial charge in [-0.15, -0.1) is 12.4 Å². The zero-order valence-electron chi connectivity index (χ0n) is 13.1. The molecule has 6 heteroatoms. The molecule has 21 heavy (non-hydrogen) atoms. The second kappa shape index (κ2) is 9.47. The van der Waals surface area contributed by atoms with E-state index in [0.717, 1.165) is 5.56 Å². The van der Waals surface area contributed by atoms with Crippen LogP contribution in [0.2, 0.25) is 0 Å². The minimum Gasteiger partial charge on any atom is -0.493 e. The number of rotatable bonds is 7. The van der Waals surface area contributed by atoms with Crippen LogP contribution in [-0.4, -0.2) is 37.6 Å². The van der Waals surface area contributed by atoms with Gasteiger partial charge in [0.25, 0.3) is 0 Å². The number of carbonyl (C=O) groups excluding carboxylic acids is 1. The number of hydrogen-bond donors (Lipinski definition) is 1. The van der Waals surface area contributed by atoms with Crippen LogP contribution in [0.25, 0.3) is 0 Å². The van der Waals surface area contributed by atoms with Crippen molar-refractivity contribution in [1.29, 1.82) is 0 Å². The molecule has 120 valence electrons. The Morgan fingerprint density at radius 2 is 1.90 bits per heavy atom. The molecule has 0 heterocycles. The third-order valence-electron chi connectivity index (χ3n) is 3.05. The molecular weight excluding hydrogens is 292 g/mol. The lowest BCUT2D eigenvalue weighted by Gasteiger charge is -2.22. The van der Waals surface area contributed by atoms with Gasteiger partial charge in [0, 0.05) is 25.6 Å². The second-order valence-electron chi connectivity index (χ2n) is 4.78. The number of hydrogen-bond acceptors (Lipinski definition) is 4. The van der Waals surface area contributed by atoms with Crippen LogP contribution in [0.1, 0.15) is 25.8 Å². The van der Waals surface area contributed by atoms with Gasteiger partial charge in [-0.2, -0.15) is 0 Å². The molecule has 1 unspecified atom stereocenters. The van der Waals surface area contributed by atoms with E-state index in [0.29, 0.717) is 31.0 Å². The fraction of sp³-hybridized carbons (Fsp3) is 0.533. The first-order valence-corrected chi connectivity index (χ1v) is 6.76. The minimum absolute atomic E-state index is 0. The first-order valence-electron chi connectivity index (χ1n) is 6.76. The maximum Gasteiger partial charge on any atom is 0.224 e. The number of benzene rings is 1. The van der Waals surface area contributed by atoms with E-state index in [1.54, 1.807) is 19.1 Å². The molecule has 1 amide bonds. The molecule has 1 rings (SSSR count). The number of ether oxygens (including phenoxy) is 2. The molecule has 0 radical (unpaired) electrons. The van der Waals surface area contributed by atoms with Crippen LogP contribution in [0.5, 0.6) is 11.5 Å². The second-order valence-corrected chi connectivity index (χ2v) is 4.78. The number of methoxy groups -OCH3 is 2. The Bertz CT molecular complexity index is 453. The van der Waals surface area contributed by atoms with Gasteiger partial charge < -0.3 is 20.1 Å². The van der Waals surface area contributed by atoms with E-state index in [1.165, 1.54) is 0 Å². The highest BCUT2D eigenvalue weighted by Crippen LogP contribution is 2.28. The van der Waals surface area contributed by atoms with Crippen LogP contribution in [0.4, 0.5) is 0 Å². The summed E-state index contributed by atoms with van der Waals surface area (Å²) in [6.07, 6.45) is 0.362. The average Bonchev–Trinajstić information content (AvgIpc) is 2.43. The monoisotopic (exact) mass is 316 g/mol. The van der Waals surface area contributed by atoms with Crippen LogP contribution < -0.4 is 15.2 Å². The molecule has 2 N–H and O–H groups in total. The third kappa shape index (κ3) is 5.81. The highest BCUT2D eigenvalue weighted by Gasteiger charge is 2.14. The van der Waals surface area contributed by atoms with Gasteiger partial charge in [0.1, 0.15) is 0 Å². The van der Waals surface area contributed by atoms with Crippen molar-refractivity contribution in [2.45, 2.75) is 32.9 Å². The van der Waals surface area contributed by atoms with E-state index in [9.17, 15) is 4.79 Å². The SMILES string of the molecule is CCN(Cc1ccc(OC)c(OC)c1)C(=O)CC(C)N.Cl. The molecule has 0 aliphatic carbocycles. The maximum absolute atomic E-state index is 12.1. The van der Waals surface area contributed by atoms with Crippen LogP contribution in [0.3, 0.4) is 0 Å². The van der Waals surface area contributed by atoms with Gasteiger partial charge in [-0.3, -0.25) is 4.79 Å². The van der Waals surface area contributed by atoms with Crippen molar-refractivity contribution in [3.8, 4) is 11.5 Å². The van der Waals surface area contributed by atoms with Gasteiger partial charge >= 0.3 is 0 Å². The van der Waals surface area contributed by atoms with E-state index in [4.69, 9.17) is 15.2 Å². The van der Waals surface area contributed by atoms with Crippen LogP contribution in [0.15, 0.2) is 18.2 Å². The lowest BCUT2D eigenvalue weighted by atomic mass is 10.1. The summed E-state index contributed by atoms with van der Waals surface area (Å²) in [5, 5.41) is 0. The number of carbonyl (C=O) groups is 1. The van der Waals surface area contributed by atoms with E-state index in [2.05, 4.69) is 0 Å². The Hall–Kier alpha value is -1.46. The summed E-state index contributed by atoms with van der Waals surface area (Å²) in [4.78, 5) is 13.8. The van der Waals surface area contributed by atoms with E-state index in [1.807, 2.05) is 32.0 Å². The van der Waals surface area contributed by atoms with Crippen molar-refractivity contribution >= 4 is 18.3 Å². The van der Waals surface area contributed by atoms with E-state index in [-0.39, 0.29) is 24.4 Å². The molecule has 0 saturated heterocycles.